The Kier molecular flexibility index (Phi) is 4.73. The van der Waals surface area contributed by atoms with E-state index in [9.17, 15) is 9.59 Å². The number of hydrogen-bond donors (Lipinski definition) is 1. The van der Waals surface area contributed by atoms with Crippen molar-refractivity contribution in [3.05, 3.63) is 0 Å². The van der Waals surface area contributed by atoms with E-state index in [1.54, 1.807) is 14.1 Å². The summed E-state index contributed by atoms with van der Waals surface area (Å²) in [5.74, 6) is 0.0387. The first-order valence-corrected chi connectivity index (χ1v) is 5.68. The highest BCUT2D eigenvalue weighted by Gasteiger charge is 2.27. The molecule has 0 unspecified atom stereocenters. The summed E-state index contributed by atoms with van der Waals surface area (Å²) < 4.78 is 0. The fourth-order valence-corrected chi connectivity index (χ4v) is 1.46. The molecule has 0 aromatic heterocycles. The minimum Gasteiger partial charge on any atom is -0.354 e. The van der Waals surface area contributed by atoms with E-state index in [0.29, 0.717) is 25.6 Å². The first kappa shape index (κ1) is 13.0. The molecule has 1 saturated carbocycles. The molecule has 0 spiro atoms. The van der Waals surface area contributed by atoms with Gasteiger partial charge in [0.25, 0.3) is 0 Å². The molecule has 5 heteroatoms. The summed E-state index contributed by atoms with van der Waals surface area (Å²) in [6, 6.07) is 0.592. The lowest BCUT2D eigenvalue weighted by Crippen LogP contribution is -2.37. The Labute approximate surface area is 96.8 Å². The third-order valence-electron chi connectivity index (χ3n) is 2.72. The quantitative estimate of drug-likeness (QED) is 0.676. The molecular formula is C11H21N3O2. The Morgan fingerprint density at radius 3 is 2.38 bits per heavy atom. The first-order chi connectivity index (χ1) is 7.50. The van der Waals surface area contributed by atoms with Crippen LogP contribution in [0.3, 0.4) is 0 Å². The largest absolute Gasteiger partial charge is 0.354 e. The lowest BCUT2D eigenvalue weighted by molar-refractivity contribution is -0.128. The molecule has 5 nitrogen and oxygen atoms in total. The number of nitrogens with zero attached hydrogens (tertiary/aromatic N) is 2. The van der Waals surface area contributed by atoms with E-state index >= 15 is 0 Å². The van der Waals surface area contributed by atoms with Crippen molar-refractivity contribution in [3.8, 4) is 0 Å². The molecule has 0 aliphatic heterocycles. The van der Waals surface area contributed by atoms with Crippen molar-refractivity contribution < 1.29 is 9.59 Å². The predicted octanol–water partition coefficient (Wildman–Crippen LogP) is -0.325. The molecule has 0 aromatic carbocycles. The van der Waals surface area contributed by atoms with E-state index in [1.165, 1.54) is 17.7 Å². The van der Waals surface area contributed by atoms with Crippen LogP contribution < -0.4 is 5.32 Å². The lowest BCUT2D eigenvalue weighted by atomic mass is 10.3. The van der Waals surface area contributed by atoms with Gasteiger partial charge in [0.2, 0.25) is 11.8 Å². The molecule has 92 valence electrons. The van der Waals surface area contributed by atoms with E-state index in [1.807, 2.05) is 7.05 Å². The third kappa shape index (κ3) is 4.61. The molecule has 0 saturated heterocycles. The molecule has 1 rings (SSSR count). The van der Waals surface area contributed by atoms with Gasteiger partial charge in [-0.05, 0) is 19.9 Å². The molecule has 0 radical (unpaired) electrons. The van der Waals surface area contributed by atoms with E-state index in [0.717, 1.165) is 0 Å². The topological polar surface area (TPSA) is 52.7 Å². The molecule has 0 aromatic rings. The molecule has 0 heterocycles. The summed E-state index contributed by atoms with van der Waals surface area (Å²) in [5, 5.41) is 2.75. The van der Waals surface area contributed by atoms with Gasteiger partial charge in [0.05, 0.1) is 6.54 Å². The van der Waals surface area contributed by atoms with Crippen LogP contribution in [0.1, 0.15) is 19.3 Å². The fourth-order valence-electron chi connectivity index (χ4n) is 1.46. The van der Waals surface area contributed by atoms with Gasteiger partial charge in [0.1, 0.15) is 0 Å². The van der Waals surface area contributed by atoms with Crippen LogP contribution in [0.5, 0.6) is 0 Å². The van der Waals surface area contributed by atoms with Crippen molar-refractivity contribution >= 4 is 11.8 Å². The normalized spacial score (nSPS) is 15.0. The number of rotatable bonds is 6. The van der Waals surface area contributed by atoms with Gasteiger partial charge in [-0.1, -0.05) is 0 Å². The van der Waals surface area contributed by atoms with Crippen LogP contribution in [0.2, 0.25) is 0 Å². The number of likely N-dealkylation sites (N-methyl/N-ethyl adjacent to an activating group) is 1. The summed E-state index contributed by atoms with van der Waals surface area (Å²) in [7, 11) is 5.39. The molecular weight excluding hydrogens is 206 g/mol. The maximum atomic E-state index is 11.5. The van der Waals surface area contributed by atoms with Gasteiger partial charge in [0.15, 0.2) is 0 Å². The summed E-state index contributed by atoms with van der Waals surface area (Å²) in [4.78, 5) is 26.3. The number of hydrogen-bond acceptors (Lipinski definition) is 3. The minimum atomic E-state index is 0.000885. The van der Waals surface area contributed by atoms with Crippen molar-refractivity contribution in [1.29, 1.82) is 0 Å². The van der Waals surface area contributed by atoms with Crippen LogP contribution in [0.25, 0.3) is 0 Å². The van der Waals surface area contributed by atoms with Gasteiger partial charge < -0.3 is 10.2 Å². The van der Waals surface area contributed by atoms with Crippen LogP contribution in [-0.2, 0) is 9.59 Å². The van der Waals surface area contributed by atoms with Crippen LogP contribution in [0.15, 0.2) is 0 Å². The van der Waals surface area contributed by atoms with Crippen LogP contribution >= 0.6 is 0 Å². The van der Waals surface area contributed by atoms with E-state index in [2.05, 4.69) is 10.2 Å². The molecule has 0 atom stereocenters. The molecule has 1 aliphatic carbocycles. The third-order valence-corrected chi connectivity index (χ3v) is 2.72. The summed E-state index contributed by atoms with van der Waals surface area (Å²) in [5.41, 5.74) is 0. The lowest BCUT2D eigenvalue weighted by Gasteiger charge is -2.15. The van der Waals surface area contributed by atoms with Gasteiger partial charge in [-0.2, -0.15) is 0 Å². The zero-order valence-corrected chi connectivity index (χ0v) is 10.3. The minimum absolute atomic E-state index is 0.000885. The van der Waals surface area contributed by atoms with Crippen molar-refractivity contribution in [2.75, 3.05) is 34.2 Å². The second-order valence-electron chi connectivity index (χ2n) is 4.53. The highest BCUT2D eigenvalue weighted by Crippen LogP contribution is 2.24. The van der Waals surface area contributed by atoms with E-state index in [4.69, 9.17) is 0 Å². The Hall–Kier alpha value is -1.10. The second kappa shape index (κ2) is 5.84. The molecule has 1 fully saturated rings. The Morgan fingerprint density at radius 2 is 1.88 bits per heavy atom. The Morgan fingerprint density at radius 1 is 1.25 bits per heavy atom. The zero-order chi connectivity index (χ0) is 12.1. The van der Waals surface area contributed by atoms with Gasteiger partial charge >= 0.3 is 0 Å². The maximum absolute atomic E-state index is 11.5. The van der Waals surface area contributed by atoms with Crippen molar-refractivity contribution in [3.63, 3.8) is 0 Å². The summed E-state index contributed by atoms with van der Waals surface area (Å²) >= 11 is 0. The number of nitrogens with one attached hydrogen (secondary N) is 1. The highest BCUT2D eigenvalue weighted by atomic mass is 16.2. The molecule has 0 bridgehead atoms. The fraction of sp³-hybridized carbons (Fsp3) is 0.818. The van der Waals surface area contributed by atoms with E-state index < -0.39 is 0 Å². The first-order valence-electron chi connectivity index (χ1n) is 5.68. The monoisotopic (exact) mass is 227 g/mol. The summed E-state index contributed by atoms with van der Waals surface area (Å²) in [6.45, 7) is 0.856. The molecule has 1 N–H and O–H groups in total. The average molecular weight is 227 g/mol. The predicted molar refractivity (Wildman–Crippen MR) is 62.0 cm³/mol. The Bertz CT molecular complexity index is 262. The molecule has 1 aliphatic rings. The SMILES string of the molecule is CN(C)C(=O)CCNC(=O)CN(C)C1CC1. The van der Waals surface area contributed by atoms with Gasteiger partial charge in [-0.25, -0.2) is 0 Å². The van der Waals surface area contributed by atoms with Crippen molar-refractivity contribution in [2.24, 2.45) is 0 Å². The van der Waals surface area contributed by atoms with Crippen molar-refractivity contribution in [1.82, 2.24) is 15.1 Å². The van der Waals surface area contributed by atoms with E-state index in [-0.39, 0.29) is 11.8 Å². The average Bonchev–Trinajstić information content (AvgIpc) is 3.00. The molecule has 2 amide bonds. The van der Waals surface area contributed by atoms with Crippen LogP contribution in [0, 0.1) is 0 Å². The Balaban J connectivity index is 2.07. The smallest absolute Gasteiger partial charge is 0.234 e. The summed E-state index contributed by atoms with van der Waals surface area (Å²) in [6.07, 6.45) is 2.76. The van der Waals surface area contributed by atoms with Crippen LogP contribution in [0.4, 0.5) is 0 Å². The van der Waals surface area contributed by atoms with Crippen molar-refractivity contribution in [2.45, 2.75) is 25.3 Å². The number of carbonyl (C=O) groups excluding carboxylic acids is 2. The van der Waals surface area contributed by atoms with Gasteiger partial charge in [-0.15, -0.1) is 0 Å². The highest BCUT2D eigenvalue weighted by molar-refractivity contribution is 5.80. The molecule has 16 heavy (non-hydrogen) atoms. The number of amides is 2. The zero-order valence-electron chi connectivity index (χ0n) is 10.3. The number of carbonyl (C=O) groups is 2. The van der Waals surface area contributed by atoms with Gasteiger partial charge in [-0.3, -0.25) is 14.5 Å². The van der Waals surface area contributed by atoms with Crippen LogP contribution in [-0.4, -0.2) is 61.9 Å². The second-order valence-corrected chi connectivity index (χ2v) is 4.53. The maximum Gasteiger partial charge on any atom is 0.234 e. The van der Waals surface area contributed by atoms with Gasteiger partial charge in [0, 0.05) is 33.1 Å². The standard InChI is InChI=1S/C11H21N3O2/c1-13(2)11(16)6-7-12-10(15)8-14(3)9-4-5-9/h9H,4-8H2,1-3H3,(H,12,15).